The fourth-order valence-electron chi connectivity index (χ4n) is 2.07. The summed E-state index contributed by atoms with van der Waals surface area (Å²) in [7, 11) is 0. The first-order valence-corrected chi connectivity index (χ1v) is 7.57. The molecule has 122 valence electrons. The molecule has 2 aromatic rings. The smallest absolute Gasteiger partial charge is 0.250 e. The van der Waals surface area contributed by atoms with Gasteiger partial charge in [-0.3, -0.25) is 4.79 Å². The van der Waals surface area contributed by atoms with Crippen LogP contribution in [0.15, 0.2) is 48.5 Å². The zero-order valence-electron chi connectivity index (χ0n) is 13.4. The number of ether oxygens (including phenoxy) is 1. The Bertz CT molecular complexity index is 639. The summed E-state index contributed by atoms with van der Waals surface area (Å²) in [4.78, 5) is 11.2. The summed E-state index contributed by atoms with van der Waals surface area (Å²) in [6.07, 6.45) is 0.163. The van der Waals surface area contributed by atoms with Crippen LogP contribution in [0.5, 0.6) is 5.75 Å². The molecule has 0 radical (unpaired) electrons. The Balaban J connectivity index is 1.92. The van der Waals surface area contributed by atoms with Crippen molar-refractivity contribution in [3.05, 3.63) is 54.1 Å². The Morgan fingerprint density at radius 3 is 2.48 bits per heavy atom. The third-order valence-corrected chi connectivity index (χ3v) is 3.08. The van der Waals surface area contributed by atoms with Crippen LogP contribution >= 0.6 is 0 Å². The van der Waals surface area contributed by atoms with Gasteiger partial charge in [-0.05, 0) is 49.7 Å². The second-order valence-electron chi connectivity index (χ2n) is 5.45. The molecule has 1 amide bonds. The van der Waals surface area contributed by atoms with E-state index in [1.165, 1.54) is 0 Å². The lowest BCUT2D eigenvalue weighted by molar-refractivity contribution is -0.118. The molecule has 5 heteroatoms. The summed E-state index contributed by atoms with van der Waals surface area (Å²) in [6.45, 7) is 4.14. The number of hydrogen-bond acceptors (Lipinski definition) is 4. The van der Waals surface area contributed by atoms with Crippen LogP contribution in [-0.2, 0) is 11.3 Å². The molecule has 0 bridgehead atoms. The summed E-state index contributed by atoms with van der Waals surface area (Å²) in [5.41, 5.74) is 2.67. The Morgan fingerprint density at radius 2 is 1.83 bits per heavy atom. The highest BCUT2D eigenvalue weighted by atomic mass is 16.5. The SMILES string of the molecule is CC(C)Oc1ccc(CNc2cccc(NC(=O)CO)c2)cc1. The van der Waals surface area contributed by atoms with Crippen LogP contribution in [0.25, 0.3) is 0 Å². The molecule has 2 rings (SSSR count). The van der Waals surface area contributed by atoms with E-state index in [4.69, 9.17) is 9.84 Å². The molecule has 0 aliphatic carbocycles. The van der Waals surface area contributed by atoms with Crippen molar-refractivity contribution in [2.45, 2.75) is 26.5 Å². The van der Waals surface area contributed by atoms with Crippen LogP contribution in [0.3, 0.4) is 0 Å². The molecule has 0 unspecified atom stereocenters. The normalized spacial score (nSPS) is 10.4. The molecule has 2 aromatic carbocycles. The van der Waals surface area contributed by atoms with Crippen molar-refractivity contribution in [3.8, 4) is 5.75 Å². The Labute approximate surface area is 136 Å². The monoisotopic (exact) mass is 314 g/mol. The lowest BCUT2D eigenvalue weighted by Gasteiger charge is -2.11. The first-order valence-electron chi connectivity index (χ1n) is 7.57. The molecule has 0 heterocycles. The fourth-order valence-corrected chi connectivity index (χ4v) is 2.07. The van der Waals surface area contributed by atoms with Gasteiger partial charge in [-0.15, -0.1) is 0 Å². The van der Waals surface area contributed by atoms with Crippen molar-refractivity contribution in [1.82, 2.24) is 0 Å². The van der Waals surface area contributed by atoms with Crippen LogP contribution in [0.4, 0.5) is 11.4 Å². The van der Waals surface area contributed by atoms with Gasteiger partial charge in [-0.25, -0.2) is 0 Å². The summed E-state index contributed by atoms with van der Waals surface area (Å²) in [5.74, 6) is 0.431. The highest BCUT2D eigenvalue weighted by Crippen LogP contribution is 2.18. The molecule has 0 atom stereocenters. The molecule has 0 aliphatic rings. The van der Waals surface area contributed by atoms with E-state index in [0.717, 1.165) is 17.0 Å². The van der Waals surface area contributed by atoms with Gasteiger partial charge in [0.05, 0.1) is 6.10 Å². The minimum atomic E-state index is -0.525. The minimum absolute atomic E-state index is 0.163. The maximum Gasteiger partial charge on any atom is 0.250 e. The highest BCUT2D eigenvalue weighted by molar-refractivity contribution is 5.91. The van der Waals surface area contributed by atoms with Crippen molar-refractivity contribution in [2.75, 3.05) is 17.2 Å². The number of amides is 1. The highest BCUT2D eigenvalue weighted by Gasteiger charge is 2.02. The largest absolute Gasteiger partial charge is 0.491 e. The molecule has 0 fully saturated rings. The van der Waals surface area contributed by atoms with Gasteiger partial charge in [0.1, 0.15) is 12.4 Å². The van der Waals surface area contributed by atoms with Gasteiger partial charge in [0, 0.05) is 17.9 Å². The number of carbonyl (C=O) groups excluding carboxylic acids is 1. The number of nitrogens with one attached hydrogen (secondary N) is 2. The van der Waals surface area contributed by atoms with Gasteiger partial charge >= 0.3 is 0 Å². The number of anilines is 2. The van der Waals surface area contributed by atoms with Crippen LogP contribution in [0.2, 0.25) is 0 Å². The van der Waals surface area contributed by atoms with E-state index in [9.17, 15) is 4.79 Å². The van der Waals surface area contributed by atoms with Crippen molar-refractivity contribution in [3.63, 3.8) is 0 Å². The minimum Gasteiger partial charge on any atom is -0.491 e. The van der Waals surface area contributed by atoms with E-state index in [-0.39, 0.29) is 6.10 Å². The van der Waals surface area contributed by atoms with Crippen LogP contribution in [0.1, 0.15) is 19.4 Å². The van der Waals surface area contributed by atoms with Gasteiger partial charge in [0.2, 0.25) is 5.91 Å². The lowest BCUT2D eigenvalue weighted by Crippen LogP contribution is -2.15. The predicted molar refractivity (Wildman–Crippen MR) is 91.7 cm³/mol. The molecule has 0 saturated heterocycles. The van der Waals surface area contributed by atoms with E-state index in [0.29, 0.717) is 12.2 Å². The summed E-state index contributed by atoms with van der Waals surface area (Å²) < 4.78 is 5.61. The topological polar surface area (TPSA) is 70.6 Å². The molecule has 0 aliphatic heterocycles. The molecular formula is C18H22N2O3. The quantitative estimate of drug-likeness (QED) is 0.735. The van der Waals surface area contributed by atoms with Crippen LogP contribution in [0, 0.1) is 0 Å². The number of benzene rings is 2. The third-order valence-electron chi connectivity index (χ3n) is 3.08. The number of carbonyl (C=O) groups is 1. The first-order chi connectivity index (χ1) is 11.1. The first kappa shape index (κ1) is 16.8. The van der Waals surface area contributed by atoms with E-state index in [1.807, 2.05) is 56.3 Å². The molecule has 23 heavy (non-hydrogen) atoms. The summed E-state index contributed by atoms with van der Waals surface area (Å²) >= 11 is 0. The molecular weight excluding hydrogens is 292 g/mol. The second-order valence-corrected chi connectivity index (χ2v) is 5.45. The predicted octanol–water partition coefficient (Wildman–Crippen LogP) is 3.02. The molecule has 5 nitrogen and oxygen atoms in total. The van der Waals surface area contributed by atoms with E-state index in [1.54, 1.807) is 6.07 Å². The van der Waals surface area contributed by atoms with Gasteiger partial charge < -0.3 is 20.5 Å². The Hall–Kier alpha value is -2.53. The Morgan fingerprint density at radius 1 is 1.13 bits per heavy atom. The maximum absolute atomic E-state index is 11.2. The van der Waals surface area contributed by atoms with Crippen LogP contribution in [-0.4, -0.2) is 23.7 Å². The van der Waals surface area contributed by atoms with Gasteiger partial charge in [-0.1, -0.05) is 18.2 Å². The zero-order valence-corrected chi connectivity index (χ0v) is 13.4. The third kappa shape index (κ3) is 5.64. The standard InChI is InChI=1S/C18H22N2O3/c1-13(2)23-17-8-6-14(7-9-17)11-19-15-4-3-5-16(10-15)20-18(22)12-21/h3-10,13,19,21H,11-12H2,1-2H3,(H,20,22). The van der Waals surface area contributed by atoms with E-state index in [2.05, 4.69) is 10.6 Å². The second kappa shape index (κ2) is 8.19. The maximum atomic E-state index is 11.2. The molecule has 3 N–H and O–H groups in total. The van der Waals surface area contributed by atoms with Gasteiger partial charge in [0.15, 0.2) is 0 Å². The average molecular weight is 314 g/mol. The number of hydrogen-bond donors (Lipinski definition) is 3. The van der Waals surface area contributed by atoms with Crippen molar-refractivity contribution < 1.29 is 14.6 Å². The molecule has 0 spiro atoms. The van der Waals surface area contributed by atoms with Gasteiger partial charge in [0.25, 0.3) is 0 Å². The van der Waals surface area contributed by atoms with E-state index < -0.39 is 12.5 Å². The van der Waals surface area contributed by atoms with Crippen molar-refractivity contribution >= 4 is 17.3 Å². The number of aliphatic hydroxyl groups is 1. The fraction of sp³-hybridized carbons (Fsp3) is 0.278. The zero-order chi connectivity index (χ0) is 16.7. The van der Waals surface area contributed by atoms with Crippen molar-refractivity contribution in [1.29, 1.82) is 0 Å². The Kier molecular flexibility index (Phi) is 6.00. The molecule has 0 saturated carbocycles. The van der Waals surface area contributed by atoms with Gasteiger partial charge in [-0.2, -0.15) is 0 Å². The van der Waals surface area contributed by atoms with Crippen molar-refractivity contribution in [2.24, 2.45) is 0 Å². The number of rotatable bonds is 7. The lowest BCUT2D eigenvalue weighted by atomic mass is 10.2. The number of aliphatic hydroxyl groups excluding tert-OH is 1. The van der Waals surface area contributed by atoms with E-state index >= 15 is 0 Å². The summed E-state index contributed by atoms with van der Waals surface area (Å²) in [5, 5.41) is 14.7. The van der Waals surface area contributed by atoms with Crippen LogP contribution < -0.4 is 15.4 Å². The average Bonchev–Trinajstić information content (AvgIpc) is 2.54. The summed E-state index contributed by atoms with van der Waals surface area (Å²) in [6, 6.07) is 15.3. The molecule has 0 aromatic heterocycles.